The van der Waals surface area contributed by atoms with Crippen molar-refractivity contribution in [2.24, 2.45) is 5.92 Å². The van der Waals surface area contributed by atoms with Crippen LogP contribution in [-0.2, 0) is 14.9 Å². The number of anilines is 1. The van der Waals surface area contributed by atoms with Crippen LogP contribution in [0.3, 0.4) is 0 Å². The number of nitrogens with zero attached hydrogens (tertiary/aromatic N) is 2. The van der Waals surface area contributed by atoms with E-state index in [1.807, 2.05) is 0 Å². The van der Waals surface area contributed by atoms with Gasteiger partial charge in [0.05, 0.1) is 12.4 Å². The normalized spacial score (nSPS) is 15.3. The molecule has 0 spiro atoms. The van der Waals surface area contributed by atoms with Gasteiger partial charge in [0, 0.05) is 12.7 Å². The van der Waals surface area contributed by atoms with Crippen molar-refractivity contribution in [2.75, 3.05) is 24.2 Å². The molecule has 8 nitrogen and oxygen atoms in total. The third kappa shape index (κ3) is 10.3. The summed E-state index contributed by atoms with van der Waals surface area (Å²) in [5.74, 6) is 1.23. The Kier molecular flexibility index (Phi) is 10.6. The molecule has 0 aliphatic heterocycles. The van der Waals surface area contributed by atoms with E-state index in [0.29, 0.717) is 29.9 Å². The first kappa shape index (κ1) is 22.9. The van der Waals surface area contributed by atoms with E-state index in [4.69, 9.17) is 17.1 Å². The molecule has 0 unspecified atom stereocenters. The standard InChI is InChI=1S/C18H31N5O3S2/c24-28(25,23-26-14-16-8-4-3-5-9-16)13-7-2-1-6-11-20-18(27)22-17-10-12-19-15-21-17/h10,12,15-16,23H,1-9,11,13-14H2,(H2,19,20,21,22,27). The Morgan fingerprint density at radius 1 is 1.18 bits per heavy atom. The van der Waals surface area contributed by atoms with Gasteiger partial charge in [-0.15, -0.1) is 0 Å². The summed E-state index contributed by atoms with van der Waals surface area (Å²) < 4.78 is 23.9. The Morgan fingerprint density at radius 3 is 2.71 bits per heavy atom. The third-order valence-electron chi connectivity index (χ3n) is 4.68. The van der Waals surface area contributed by atoms with Crippen LogP contribution in [-0.4, -0.2) is 42.4 Å². The molecule has 1 fully saturated rings. The summed E-state index contributed by atoms with van der Waals surface area (Å²) in [5, 5.41) is 6.60. The average molecular weight is 430 g/mol. The Bertz CT molecular complexity index is 667. The number of unbranched alkanes of at least 4 members (excludes halogenated alkanes) is 3. The Balaban J connectivity index is 1.45. The molecule has 1 aliphatic rings. The molecule has 1 heterocycles. The maximum absolute atomic E-state index is 11.9. The molecule has 10 heteroatoms. The summed E-state index contributed by atoms with van der Waals surface area (Å²) in [7, 11) is -3.35. The second-order valence-electron chi connectivity index (χ2n) is 7.11. The van der Waals surface area contributed by atoms with Crippen LogP contribution in [0.1, 0.15) is 57.8 Å². The number of hydrogen-bond acceptors (Lipinski definition) is 6. The van der Waals surface area contributed by atoms with Crippen molar-refractivity contribution in [1.82, 2.24) is 20.2 Å². The smallest absolute Gasteiger partial charge is 0.233 e. The van der Waals surface area contributed by atoms with Gasteiger partial charge in [-0.2, -0.15) is 0 Å². The van der Waals surface area contributed by atoms with Gasteiger partial charge in [0.25, 0.3) is 0 Å². The number of sulfonamides is 1. The maximum Gasteiger partial charge on any atom is 0.233 e. The van der Waals surface area contributed by atoms with Gasteiger partial charge in [-0.1, -0.05) is 37.0 Å². The Labute approximate surface area is 173 Å². The maximum atomic E-state index is 11.9. The van der Waals surface area contributed by atoms with Crippen molar-refractivity contribution >= 4 is 33.2 Å². The topological polar surface area (TPSA) is 105 Å². The molecule has 1 aromatic heterocycles. The minimum Gasteiger partial charge on any atom is -0.362 e. The van der Waals surface area contributed by atoms with Crippen LogP contribution in [0, 0.1) is 5.92 Å². The quantitative estimate of drug-likeness (QED) is 0.265. The van der Waals surface area contributed by atoms with E-state index in [0.717, 1.165) is 38.6 Å². The zero-order chi connectivity index (χ0) is 20.1. The molecular weight excluding hydrogens is 398 g/mol. The molecule has 158 valence electrons. The molecule has 0 radical (unpaired) electrons. The van der Waals surface area contributed by atoms with Crippen molar-refractivity contribution in [3.8, 4) is 0 Å². The minimum absolute atomic E-state index is 0.0960. The van der Waals surface area contributed by atoms with Crippen LogP contribution in [0.15, 0.2) is 18.6 Å². The highest BCUT2D eigenvalue weighted by Crippen LogP contribution is 2.23. The molecule has 0 aromatic carbocycles. The van der Waals surface area contributed by atoms with Gasteiger partial charge in [0.2, 0.25) is 10.0 Å². The van der Waals surface area contributed by atoms with Gasteiger partial charge in [0.1, 0.15) is 12.1 Å². The average Bonchev–Trinajstić information content (AvgIpc) is 2.68. The second kappa shape index (κ2) is 13.0. The van der Waals surface area contributed by atoms with Gasteiger partial charge in [-0.25, -0.2) is 18.4 Å². The van der Waals surface area contributed by atoms with Gasteiger partial charge in [0.15, 0.2) is 5.11 Å². The van der Waals surface area contributed by atoms with Gasteiger partial charge in [-0.3, -0.25) is 4.84 Å². The zero-order valence-corrected chi connectivity index (χ0v) is 17.9. The fraction of sp³-hybridized carbons (Fsp3) is 0.722. The first-order valence-electron chi connectivity index (χ1n) is 9.97. The lowest BCUT2D eigenvalue weighted by molar-refractivity contribution is 0.0519. The highest BCUT2D eigenvalue weighted by atomic mass is 32.2. The first-order chi connectivity index (χ1) is 13.6. The molecule has 0 saturated heterocycles. The minimum atomic E-state index is -3.35. The molecule has 1 saturated carbocycles. The molecule has 0 atom stereocenters. The summed E-state index contributed by atoms with van der Waals surface area (Å²) in [5.41, 5.74) is 0. The van der Waals surface area contributed by atoms with Crippen molar-refractivity contribution in [2.45, 2.75) is 57.8 Å². The predicted molar refractivity (Wildman–Crippen MR) is 114 cm³/mol. The van der Waals surface area contributed by atoms with Crippen LogP contribution < -0.4 is 15.5 Å². The highest BCUT2D eigenvalue weighted by molar-refractivity contribution is 7.89. The molecule has 1 aliphatic carbocycles. The molecule has 3 N–H and O–H groups in total. The van der Waals surface area contributed by atoms with Gasteiger partial charge in [-0.05, 0) is 49.9 Å². The summed E-state index contributed by atoms with van der Waals surface area (Å²) in [4.78, 5) is 15.4. The van der Waals surface area contributed by atoms with E-state index in [-0.39, 0.29) is 5.75 Å². The highest BCUT2D eigenvalue weighted by Gasteiger charge is 2.15. The first-order valence-corrected chi connectivity index (χ1v) is 12.0. The van der Waals surface area contributed by atoms with Crippen molar-refractivity contribution in [1.29, 1.82) is 0 Å². The van der Waals surface area contributed by atoms with Crippen molar-refractivity contribution < 1.29 is 13.3 Å². The Hall–Kier alpha value is -1.36. The van der Waals surface area contributed by atoms with E-state index >= 15 is 0 Å². The number of thiocarbonyl (C=S) groups is 1. The molecule has 0 bridgehead atoms. The predicted octanol–water partition coefficient (Wildman–Crippen LogP) is 2.75. The fourth-order valence-corrected chi connectivity index (χ4v) is 4.26. The summed E-state index contributed by atoms with van der Waals surface area (Å²) in [6.45, 7) is 1.21. The molecule has 0 amide bonds. The lowest BCUT2D eigenvalue weighted by Gasteiger charge is -2.21. The van der Waals surface area contributed by atoms with Crippen molar-refractivity contribution in [3.05, 3.63) is 18.6 Å². The molecule has 1 aromatic rings. The second-order valence-corrected chi connectivity index (χ2v) is 9.32. The van der Waals surface area contributed by atoms with E-state index in [1.165, 1.54) is 25.6 Å². The number of rotatable bonds is 12. The Morgan fingerprint density at radius 2 is 1.96 bits per heavy atom. The van der Waals surface area contributed by atoms with Crippen LogP contribution in [0.2, 0.25) is 0 Å². The van der Waals surface area contributed by atoms with Crippen LogP contribution >= 0.6 is 12.2 Å². The van der Waals surface area contributed by atoms with E-state index < -0.39 is 10.0 Å². The largest absolute Gasteiger partial charge is 0.362 e. The molecule has 2 rings (SSSR count). The number of hydrogen-bond donors (Lipinski definition) is 3. The summed E-state index contributed by atoms with van der Waals surface area (Å²) in [6.07, 6.45) is 12.4. The van der Waals surface area contributed by atoms with Crippen LogP contribution in [0.25, 0.3) is 0 Å². The number of nitrogens with one attached hydrogen (secondary N) is 3. The summed E-state index contributed by atoms with van der Waals surface area (Å²) in [6, 6.07) is 1.74. The third-order valence-corrected chi connectivity index (χ3v) is 6.12. The summed E-state index contributed by atoms with van der Waals surface area (Å²) >= 11 is 5.19. The van der Waals surface area contributed by atoms with Crippen LogP contribution in [0.4, 0.5) is 5.82 Å². The molecule has 28 heavy (non-hydrogen) atoms. The van der Waals surface area contributed by atoms with Crippen LogP contribution in [0.5, 0.6) is 0 Å². The van der Waals surface area contributed by atoms with Crippen molar-refractivity contribution in [3.63, 3.8) is 0 Å². The fourth-order valence-electron chi connectivity index (χ4n) is 3.13. The van der Waals surface area contributed by atoms with E-state index in [9.17, 15) is 8.42 Å². The zero-order valence-electron chi connectivity index (χ0n) is 16.2. The van der Waals surface area contributed by atoms with Gasteiger partial charge < -0.3 is 10.6 Å². The van der Waals surface area contributed by atoms with Gasteiger partial charge >= 0.3 is 0 Å². The lowest BCUT2D eigenvalue weighted by Crippen LogP contribution is -2.30. The lowest BCUT2D eigenvalue weighted by atomic mass is 9.90. The van der Waals surface area contributed by atoms with E-state index in [2.05, 4.69) is 25.5 Å². The van der Waals surface area contributed by atoms with E-state index in [1.54, 1.807) is 12.3 Å². The number of aromatic nitrogens is 2. The SMILES string of the molecule is O=S(=O)(CCCCCCNC(=S)Nc1ccncn1)NOCC1CCCCC1. The molecular formula is C18H31N5O3S2. The monoisotopic (exact) mass is 429 g/mol.